The Balaban J connectivity index is 1.86. The summed E-state index contributed by atoms with van der Waals surface area (Å²) >= 11 is 0. The highest BCUT2D eigenvalue weighted by atomic mass is 16.5. The van der Waals surface area contributed by atoms with E-state index < -0.39 is 0 Å². The number of nitrogens with two attached hydrogens (primary N) is 1. The number of hydrogen-bond donors (Lipinski definition) is 2. The minimum Gasteiger partial charge on any atom is -0.378 e. The number of hydrogen-bond acceptors (Lipinski definition) is 4. The SMILES string of the molecule is CCn1cc(C(CCC2CCCO2)NN)cn1. The van der Waals surface area contributed by atoms with Gasteiger partial charge in [0.15, 0.2) is 0 Å². The topological polar surface area (TPSA) is 65.1 Å². The number of aromatic nitrogens is 2. The fourth-order valence-electron chi connectivity index (χ4n) is 2.30. The molecule has 2 heterocycles. The van der Waals surface area contributed by atoms with Gasteiger partial charge in [-0.15, -0.1) is 0 Å². The molecule has 5 nitrogen and oxygen atoms in total. The molecule has 1 saturated heterocycles. The van der Waals surface area contributed by atoms with Crippen molar-refractivity contribution in [2.45, 2.75) is 51.3 Å². The van der Waals surface area contributed by atoms with Gasteiger partial charge in [-0.2, -0.15) is 5.10 Å². The average molecular weight is 238 g/mol. The Hall–Kier alpha value is -0.910. The lowest BCUT2D eigenvalue weighted by atomic mass is 10.0. The molecule has 17 heavy (non-hydrogen) atoms. The van der Waals surface area contributed by atoms with Gasteiger partial charge in [0.1, 0.15) is 0 Å². The normalized spacial score (nSPS) is 21.9. The van der Waals surface area contributed by atoms with E-state index in [1.165, 1.54) is 12.8 Å². The van der Waals surface area contributed by atoms with E-state index in [2.05, 4.69) is 23.6 Å². The van der Waals surface area contributed by atoms with E-state index >= 15 is 0 Å². The van der Waals surface area contributed by atoms with Crippen molar-refractivity contribution < 1.29 is 4.74 Å². The van der Waals surface area contributed by atoms with Gasteiger partial charge < -0.3 is 4.74 Å². The molecule has 1 aliphatic rings. The minimum atomic E-state index is 0.180. The van der Waals surface area contributed by atoms with Gasteiger partial charge in [0.05, 0.1) is 12.3 Å². The van der Waals surface area contributed by atoms with Crippen LogP contribution in [0.2, 0.25) is 0 Å². The third kappa shape index (κ3) is 3.28. The molecule has 0 amide bonds. The molecular formula is C12H22N4O. The number of nitrogens with zero attached hydrogens (tertiary/aromatic N) is 2. The summed E-state index contributed by atoms with van der Waals surface area (Å²) in [5.41, 5.74) is 4.03. The quantitative estimate of drug-likeness (QED) is 0.580. The molecule has 1 fully saturated rings. The second kappa shape index (κ2) is 6.14. The van der Waals surface area contributed by atoms with Crippen molar-refractivity contribution in [2.75, 3.05) is 6.61 Å². The van der Waals surface area contributed by atoms with Crippen molar-refractivity contribution >= 4 is 0 Å². The third-order valence-electron chi connectivity index (χ3n) is 3.38. The van der Waals surface area contributed by atoms with Gasteiger partial charge in [-0.3, -0.25) is 16.0 Å². The number of rotatable bonds is 6. The monoisotopic (exact) mass is 238 g/mol. The van der Waals surface area contributed by atoms with Gasteiger partial charge in [-0.05, 0) is 32.6 Å². The molecule has 2 rings (SSSR count). The van der Waals surface area contributed by atoms with Crippen LogP contribution < -0.4 is 11.3 Å². The molecule has 2 unspecified atom stereocenters. The summed E-state index contributed by atoms with van der Waals surface area (Å²) in [5, 5.41) is 4.27. The highest BCUT2D eigenvalue weighted by molar-refractivity contribution is 5.10. The molecule has 0 bridgehead atoms. The van der Waals surface area contributed by atoms with Crippen molar-refractivity contribution in [1.82, 2.24) is 15.2 Å². The summed E-state index contributed by atoms with van der Waals surface area (Å²) in [6, 6.07) is 0.180. The van der Waals surface area contributed by atoms with E-state index in [1.54, 1.807) is 0 Å². The first kappa shape index (κ1) is 12.5. The summed E-state index contributed by atoms with van der Waals surface area (Å²) in [6.07, 6.45) is 8.81. The predicted octanol–water partition coefficient (Wildman–Crippen LogP) is 1.37. The zero-order valence-electron chi connectivity index (χ0n) is 10.4. The van der Waals surface area contributed by atoms with E-state index in [0.717, 1.165) is 31.6 Å². The van der Waals surface area contributed by atoms with Gasteiger partial charge in [-0.1, -0.05) is 0 Å². The van der Waals surface area contributed by atoms with Crippen molar-refractivity contribution in [3.63, 3.8) is 0 Å². The van der Waals surface area contributed by atoms with Crippen LogP contribution in [0, 0.1) is 0 Å². The maximum atomic E-state index is 5.62. The largest absolute Gasteiger partial charge is 0.378 e. The van der Waals surface area contributed by atoms with Crippen LogP contribution in [0.25, 0.3) is 0 Å². The fraction of sp³-hybridized carbons (Fsp3) is 0.750. The van der Waals surface area contributed by atoms with E-state index in [9.17, 15) is 0 Å². The third-order valence-corrected chi connectivity index (χ3v) is 3.38. The summed E-state index contributed by atoms with van der Waals surface area (Å²) in [7, 11) is 0. The van der Waals surface area contributed by atoms with E-state index in [4.69, 9.17) is 10.6 Å². The average Bonchev–Trinajstić information content (AvgIpc) is 3.00. The van der Waals surface area contributed by atoms with Crippen LogP contribution in [0.15, 0.2) is 12.4 Å². The molecule has 2 atom stereocenters. The smallest absolute Gasteiger partial charge is 0.0576 e. The Bertz CT molecular complexity index is 333. The van der Waals surface area contributed by atoms with Crippen LogP contribution in [0.4, 0.5) is 0 Å². The molecule has 1 aromatic rings. The Morgan fingerprint density at radius 1 is 1.71 bits per heavy atom. The Labute approximate surface area is 102 Å². The fourth-order valence-corrected chi connectivity index (χ4v) is 2.30. The molecule has 0 saturated carbocycles. The zero-order chi connectivity index (χ0) is 12.1. The summed E-state index contributed by atoms with van der Waals surface area (Å²) in [5.74, 6) is 5.61. The number of aryl methyl sites for hydroxylation is 1. The van der Waals surface area contributed by atoms with Crippen molar-refractivity contribution in [3.05, 3.63) is 18.0 Å². The van der Waals surface area contributed by atoms with Crippen molar-refractivity contribution in [1.29, 1.82) is 0 Å². The van der Waals surface area contributed by atoms with Gasteiger partial charge in [-0.25, -0.2) is 0 Å². The first-order valence-corrected chi connectivity index (χ1v) is 6.43. The van der Waals surface area contributed by atoms with Crippen LogP contribution >= 0.6 is 0 Å². The van der Waals surface area contributed by atoms with E-state index in [0.29, 0.717) is 6.10 Å². The van der Waals surface area contributed by atoms with Crippen molar-refractivity contribution in [3.8, 4) is 0 Å². The molecule has 1 aromatic heterocycles. The molecule has 1 aliphatic heterocycles. The standard InChI is InChI=1S/C12H22N4O/c1-2-16-9-10(8-14-16)12(15-13)6-5-11-4-3-7-17-11/h8-9,11-12,15H,2-7,13H2,1H3. The molecule has 0 aromatic carbocycles. The highest BCUT2D eigenvalue weighted by Crippen LogP contribution is 2.23. The first-order chi connectivity index (χ1) is 8.33. The maximum Gasteiger partial charge on any atom is 0.0576 e. The Kier molecular flexibility index (Phi) is 4.53. The Morgan fingerprint density at radius 3 is 3.18 bits per heavy atom. The number of hydrazine groups is 1. The lowest BCUT2D eigenvalue weighted by Crippen LogP contribution is -2.28. The molecule has 5 heteroatoms. The van der Waals surface area contributed by atoms with Crippen LogP contribution in [-0.2, 0) is 11.3 Å². The second-order valence-electron chi connectivity index (χ2n) is 4.56. The summed E-state index contributed by atoms with van der Waals surface area (Å²) in [4.78, 5) is 0. The summed E-state index contributed by atoms with van der Waals surface area (Å²) in [6.45, 7) is 3.89. The van der Waals surface area contributed by atoms with E-state index in [-0.39, 0.29) is 6.04 Å². The Morgan fingerprint density at radius 2 is 2.59 bits per heavy atom. The molecular weight excluding hydrogens is 216 g/mol. The van der Waals surface area contributed by atoms with Crippen LogP contribution in [0.3, 0.4) is 0 Å². The molecule has 0 radical (unpaired) electrons. The summed E-state index contributed by atoms with van der Waals surface area (Å²) < 4.78 is 7.54. The lowest BCUT2D eigenvalue weighted by molar-refractivity contribution is 0.0996. The van der Waals surface area contributed by atoms with E-state index in [1.807, 2.05) is 10.9 Å². The highest BCUT2D eigenvalue weighted by Gasteiger charge is 2.19. The van der Waals surface area contributed by atoms with Gasteiger partial charge in [0, 0.05) is 31.0 Å². The first-order valence-electron chi connectivity index (χ1n) is 6.43. The maximum absolute atomic E-state index is 5.62. The van der Waals surface area contributed by atoms with Gasteiger partial charge in [0.25, 0.3) is 0 Å². The number of nitrogens with one attached hydrogen (secondary N) is 1. The van der Waals surface area contributed by atoms with Crippen LogP contribution in [0.1, 0.15) is 44.2 Å². The van der Waals surface area contributed by atoms with Gasteiger partial charge in [0.2, 0.25) is 0 Å². The second-order valence-corrected chi connectivity index (χ2v) is 4.56. The molecule has 0 aliphatic carbocycles. The van der Waals surface area contributed by atoms with Crippen LogP contribution in [-0.4, -0.2) is 22.5 Å². The number of ether oxygens (including phenoxy) is 1. The molecule has 0 spiro atoms. The predicted molar refractivity (Wildman–Crippen MR) is 66.2 cm³/mol. The van der Waals surface area contributed by atoms with Crippen molar-refractivity contribution in [2.24, 2.45) is 5.84 Å². The lowest BCUT2D eigenvalue weighted by Gasteiger charge is -2.16. The van der Waals surface area contributed by atoms with Gasteiger partial charge >= 0.3 is 0 Å². The minimum absolute atomic E-state index is 0.180. The molecule has 96 valence electrons. The van der Waals surface area contributed by atoms with Crippen LogP contribution in [0.5, 0.6) is 0 Å². The zero-order valence-corrected chi connectivity index (χ0v) is 10.4. The molecule has 3 N–H and O–H groups in total.